The quantitative estimate of drug-likeness (QED) is 0.266. The number of aromatic nitrogens is 2. The van der Waals surface area contributed by atoms with Gasteiger partial charge in [-0.05, 0) is 28.1 Å². The lowest BCUT2D eigenvalue weighted by Crippen LogP contribution is -2.50. The van der Waals surface area contributed by atoms with Crippen molar-refractivity contribution in [3.05, 3.63) is 54.7 Å². The molecular formula is C24H30N2OSi. The van der Waals surface area contributed by atoms with Gasteiger partial charge in [0.1, 0.15) is 5.65 Å². The Morgan fingerprint density at radius 1 is 0.750 bits per heavy atom. The Balaban J connectivity index is 1.98. The third kappa shape index (κ3) is 2.74. The molecule has 0 saturated carbocycles. The molecule has 0 aliphatic heterocycles. The molecule has 0 radical (unpaired) electrons. The average Bonchev–Trinajstić information content (AvgIpc) is 3.09. The molecule has 0 unspecified atom stereocenters. The van der Waals surface area contributed by atoms with E-state index in [1.54, 1.807) is 0 Å². The van der Waals surface area contributed by atoms with E-state index in [9.17, 15) is 0 Å². The minimum atomic E-state index is -2.04. The third-order valence-electron chi connectivity index (χ3n) is 6.29. The van der Waals surface area contributed by atoms with Crippen LogP contribution in [-0.2, 0) is 0 Å². The summed E-state index contributed by atoms with van der Waals surface area (Å²) in [5, 5.41) is 3.65. The standard InChI is InChI=1S/C24H30N2OSi/c1-16(2)28(17(3)4,18(5)6)27-23-15-26-22-14-10-9-12-20(22)19-11-7-8-13-21(19)24(26)25-23/h7-18H,1-6H3. The lowest BCUT2D eigenvalue weighted by molar-refractivity contribution is 0.467. The van der Waals surface area contributed by atoms with Crippen LogP contribution in [0.3, 0.4) is 0 Å². The molecule has 0 aliphatic carbocycles. The van der Waals surface area contributed by atoms with Gasteiger partial charge in [-0.2, -0.15) is 4.98 Å². The summed E-state index contributed by atoms with van der Waals surface area (Å²) in [7, 11) is -2.04. The maximum absolute atomic E-state index is 6.88. The lowest BCUT2D eigenvalue weighted by Gasteiger charge is -2.41. The molecule has 0 N–H and O–H groups in total. The van der Waals surface area contributed by atoms with Crippen molar-refractivity contribution < 1.29 is 4.43 Å². The molecule has 2 heterocycles. The summed E-state index contributed by atoms with van der Waals surface area (Å²) < 4.78 is 9.08. The Morgan fingerprint density at radius 3 is 1.89 bits per heavy atom. The second-order valence-corrected chi connectivity index (χ2v) is 14.1. The lowest BCUT2D eigenvalue weighted by atomic mass is 10.1. The van der Waals surface area contributed by atoms with Crippen LogP contribution in [0.25, 0.3) is 27.3 Å². The largest absolute Gasteiger partial charge is 0.529 e. The van der Waals surface area contributed by atoms with Crippen molar-refractivity contribution in [1.82, 2.24) is 9.38 Å². The molecule has 3 nitrogen and oxygen atoms in total. The van der Waals surface area contributed by atoms with Gasteiger partial charge in [0, 0.05) is 10.8 Å². The molecule has 0 aliphatic rings. The molecule has 2 aromatic carbocycles. The van der Waals surface area contributed by atoms with Crippen LogP contribution in [0.1, 0.15) is 41.5 Å². The number of imidazole rings is 1. The highest BCUT2D eigenvalue weighted by Gasteiger charge is 2.47. The van der Waals surface area contributed by atoms with E-state index in [1.807, 2.05) is 0 Å². The highest BCUT2D eigenvalue weighted by Crippen LogP contribution is 2.43. The number of fused-ring (bicyclic) bond motifs is 6. The zero-order chi connectivity index (χ0) is 20.1. The van der Waals surface area contributed by atoms with Crippen LogP contribution in [0.2, 0.25) is 16.6 Å². The SMILES string of the molecule is CC(C)[Si](Oc1cn2c3ccccc3c3ccccc3c2n1)(C(C)C)C(C)C. The van der Waals surface area contributed by atoms with E-state index in [4.69, 9.17) is 9.41 Å². The summed E-state index contributed by atoms with van der Waals surface area (Å²) in [6.07, 6.45) is 2.10. The first-order valence-electron chi connectivity index (χ1n) is 10.3. The number of pyridine rings is 1. The monoisotopic (exact) mass is 390 g/mol. The molecule has 0 fully saturated rings. The van der Waals surface area contributed by atoms with Crippen molar-refractivity contribution in [3.8, 4) is 5.88 Å². The van der Waals surface area contributed by atoms with Crippen LogP contribution in [0, 0.1) is 0 Å². The fraction of sp³-hybridized carbons (Fsp3) is 0.375. The van der Waals surface area contributed by atoms with E-state index in [1.165, 1.54) is 21.7 Å². The topological polar surface area (TPSA) is 26.5 Å². The predicted octanol–water partition coefficient (Wildman–Crippen LogP) is 7.20. The number of nitrogens with zero attached hydrogens (tertiary/aromatic N) is 2. The molecular weight excluding hydrogens is 360 g/mol. The Hall–Kier alpha value is -2.33. The number of para-hydroxylation sites is 1. The van der Waals surface area contributed by atoms with Gasteiger partial charge in [0.2, 0.25) is 5.88 Å². The van der Waals surface area contributed by atoms with E-state index in [2.05, 4.69) is 101 Å². The number of benzene rings is 2. The molecule has 0 atom stereocenters. The number of hydrogen-bond donors (Lipinski definition) is 0. The zero-order valence-electron chi connectivity index (χ0n) is 17.7. The maximum Gasteiger partial charge on any atom is 0.260 e. The molecule has 0 spiro atoms. The molecule has 4 aromatic rings. The highest BCUT2D eigenvalue weighted by molar-refractivity contribution is 6.78. The van der Waals surface area contributed by atoms with E-state index in [0.717, 1.165) is 11.5 Å². The van der Waals surface area contributed by atoms with Crippen molar-refractivity contribution in [2.24, 2.45) is 0 Å². The average molecular weight is 391 g/mol. The van der Waals surface area contributed by atoms with Crippen molar-refractivity contribution >= 4 is 35.6 Å². The summed E-state index contributed by atoms with van der Waals surface area (Å²) in [6, 6.07) is 17.1. The smallest absolute Gasteiger partial charge is 0.260 e. The summed E-state index contributed by atoms with van der Waals surface area (Å²) in [4.78, 5) is 5.00. The first-order valence-corrected chi connectivity index (χ1v) is 12.5. The second-order valence-electron chi connectivity index (χ2n) is 8.76. The second kappa shape index (κ2) is 6.93. The third-order valence-corrected chi connectivity index (χ3v) is 12.3. The summed E-state index contributed by atoms with van der Waals surface area (Å²) in [5.74, 6) is 0.768. The van der Waals surface area contributed by atoms with E-state index in [-0.39, 0.29) is 0 Å². The Morgan fingerprint density at radius 2 is 1.29 bits per heavy atom. The molecule has 4 rings (SSSR count). The van der Waals surface area contributed by atoms with Gasteiger partial charge >= 0.3 is 0 Å². The van der Waals surface area contributed by atoms with Crippen molar-refractivity contribution in [2.75, 3.05) is 0 Å². The van der Waals surface area contributed by atoms with Crippen LogP contribution in [-0.4, -0.2) is 17.7 Å². The molecule has 28 heavy (non-hydrogen) atoms. The summed E-state index contributed by atoms with van der Waals surface area (Å²) in [6.45, 7) is 13.9. The number of hydrogen-bond acceptors (Lipinski definition) is 2. The van der Waals surface area contributed by atoms with E-state index >= 15 is 0 Å². The Labute approximate surface area is 168 Å². The van der Waals surface area contributed by atoms with Crippen molar-refractivity contribution in [1.29, 1.82) is 0 Å². The fourth-order valence-corrected chi connectivity index (χ4v) is 10.3. The van der Waals surface area contributed by atoms with Crippen LogP contribution >= 0.6 is 0 Å². The van der Waals surface area contributed by atoms with Gasteiger partial charge in [-0.1, -0.05) is 84.0 Å². The number of rotatable bonds is 5. The molecule has 0 amide bonds. The molecule has 0 bridgehead atoms. The van der Waals surface area contributed by atoms with E-state index < -0.39 is 8.32 Å². The van der Waals surface area contributed by atoms with Crippen molar-refractivity contribution in [2.45, 2.75) is 58.2 Å². The zero-order valence-corrected chi connectivity index (χ0v) is 18.7. The Bertz CT molecular complexity index is 1050. The highest BCUT2D eigenvalue weighted by atomic mass is 28.4. The van der Waals surface area contributed by atoms with Crippen LogP contribution in [0.4, 0.5) is 0 Å². The van der Waals surface area contributed by atoms with Gasteiger partial charge in [0.05, 0.1) is 11.7 Å². The van der Waals surface area contributed by atoms with Gasteiger partial charge in [0.25, 0.3) is 8.32 Å². The fourth-order valence-electron chi connectivity index (χ4n) is 5.14. The van der Waals surface area contributed by atoms with Gasteiger partial charge in [-0.25, -0.2) is 0 Å². The van der Waals surface area contributed by atoms with Crippen LogP contribution in [0.5, 0.6) is 5.88 Å². The normalized spacial score (nSPS) is 12.9. The van der Waals surface area contributed by atoms with Gasteiger partial charge in [-0.15, -0.1) is 0 Å². The maximum atomic E-state index is 6.88. The molecule has 146 valence electrons. The van der Waals surface area contributed by atoms with Crippen LogP contribution in [0.15, 0.2) is 54.7 Å². The van der Waals surface area contributed by atoms with E-state index in [0.29, 0.717) is 16.6 Å². The molecule has 0 saturated heterocycles. The van der Waals surface area contributed by atoms with Gasteiger partial charge in [0.15, 0.2) is 0 Å². The van der Waals surface area contributed by atoms with Crippen molar-refractivity contribution in [3.63, 3.8) is 0 Å². The first-order chi connectivity index (χ1) is 13.4. The predicted molar refractivity (Wildman–Crippen MR) is 122 cm³/mol. The first kappa shape index (κ1) is 19.0. The van der Waals surface area contributed by atoms with Gasteiger partial charge in [-0.3, -0.25) is 4.40 Å². The van der Waals surface area contributed by atoms with Gasteiger partial charge < -0.3 is 4.43 Å². The van der Waals surface area contributed by atoms with Crippen LogP contribution < -0.4 is 4.43 Å². The Kier molecular flexibility index (Phi) is 4.70. The summed E-state index contributed by atoms with van der Waals surface area (Å²) >= 11 is 0. The summed E-state index contributed by atoms with van der Waals surface area (Å²) in [5.41, 5.74) is 3.70. The minimum Gasteiger partial charge on any atom is -0.529 e. The minimum absolute atomic E-state index is 0.519. The molecule has 4 heteroatoms. The molecule has 2 aromatic heterocycles.